The van der Waals surface area contributed by atoms with Crippen LogP contribution in [-0.2, 0) is 4.79 Å². The maximum absolute atomic E-state index is 11.5. The lowest BCUT2D eigenvalue weighted by molar-refractivity contribution is -0.143. The van der Waals surface area contributed by atoms with Gasteiger partial charge in [0.25, 0.3) is 0 Å². The maximum atomic E-state index is 11.5. The molecule has 1 fully saturated rings. The van der Waals surface area contributed by atoms with Gasteiger partial charge in [0.1, 0.15) is 0 Å². The smallest absolute Gasteiger partial charge is 0.307 e. The Morgan fingerprint density at radius 2 is 1.88 bits per heavy atom. The van der Waals surface area contributed by atoms with Crippen molar-refractivity contribution in [3.8, 4) is 11.5 Å². The van der Waals surface area contributed by atoms with Crippen LogP contribution in [0.25, 0.3) is 0 Å². The number of hydrogen-bond acceptors (Lipinski definition) is 4. The topological polar surface area (TPSA) is 59.0 Å². The van der Waals surface area contributed by atoms with Gasteiger partial charge in [0.2, 0.25) is 6.79 Å². The Labute approximate surface area is 146 Å². The molecule has 2 atom stereocenters. The molecule has 2 heterocycles. The minimum Gasteiger partial charge on any atom is -0.481 e. The Kier molecular flexibility index (Phi) is 4.32. The molecule has 5 heteroatoms. The second-order valence-corrected chi connectivity index (χ2v) is 6.60. The monoisotopic (exact) mass is 339 g/mol. The SMILES string of the molecule is O=C(O)C1CCCN(C(c2ccccc2)c2ccc3c(c2)OCO3)C1. The molecule has 2 aliphatic heterocycles. The Hall–Kier alpha value is -2.53. The molecule has 0 aliphatic carbocycles. The average Bonchev–Trinajstić information content (AvgIpc) is 3.11. The van der Waals surface area contributed by atoms with Gasteiger partial charge in [-0.05, 0) is 42.6 Å². The summed E-state index contributed by atoms with van der Waals surface area (Å²) in [6.45, 7) is 1.70. The number of likely N-dealkylation sites (tertiary alicyclic amines) is 1. The Morgan fingerprint density at radius 1 is 1.08 bits per heavy atom. The van der Waals surface area contributed by atoms with Crippen LogP contribution in [0, 0.1) is 5.92 Å². The molecule has 130 valence electrons. The molecule has 0 spiro atoms. The molecule has 1 saturated heterocycles. The Balaban J connectivity index is 1.71. The average molecular weight is 339 g/mol. The van der Waals surface area contributed by atoms with Crippen LogP contribution in [0.5, 0.6) is 11.5 Å². The first-order valence-corrected chi connectivity index (χ1v) is 8.64. The second-order valence-electron chi connectivity index (χ2n) is 6.60. The van der Waals surface area contributed by atoms with Gasteiger partial charge in [-0.2, -0.15) is 0 Å². The lowest BCUT2D eigenvalue weighted by Gasteiger charge is -2.37. The van der Waals surface area contributed by atoms with Gasteiger partial charge < -0.3 is 14.6 Å². The number of nitrogens with zero attached hydrogens (tertiary/aromatic N) is 1. The van der Waals surface area contributed by atoms with E-state index >= 15 is 0 Å². The zero-order valence-corrected chi connectivity index (χ0v) is 13.9. The minimum atomic E-state index is -0.706. The van der Waals surface area contributed by atoms with E-state index in [0.29, 0.717) is 6.54 Å². The molecule has 2 aromatic carbocycles. The normalized spacial score (nSPS) is 21.0. The van der Waals surface area contributed by atoms with E-state index in [9.17, 15) is 9.90 Å². The van der Waals surface area contributed by atoms with Crippen molar-refractivity contribution in [3.05, 3.63) is 59.7 Å². The van der Waals surface area contributed by atoms with Crippen LogP contribution in [-0.4, -0.2) is 35.9 Å². The third kappa shape index (κ3) is 3.20. The molecule has 0 amide bonds. The van der Waals surface area contributed by atoms with E-state index in [0.717, 1.165) is 42.0 Å². The summed E-state index contributed by atoms with van der Waals surface area (Å²) in [5, 5.41) is 9.44. The van der Waals surface area contributed by atoms with E-state index < -0.39 is 5.97 Å². The molecule has 25 heavy (non-hydrogen) atoms. The molecule has 0 saturated carbocycles. The van der Waals surface area contributed by atoms with Crippen LogP contribution in [0.15, 0.2) is 48.5 Å². The highest BCUT2D eigenvalue weighted by molar-refractivity contribution is 5.70. The molecule has 0 bridgehead atoms. The van der Waals surface area contributed by atoms with E-state index in [1.807, 2.05) is 30.3 Å². The van der Waals surface area contributed by atoms with Gasteiger partial charge in [-0.25, -0.2) is 0 Å². The molecule has 1 N–H and O–H groups in total. The quantitative estimate of drug-likeness (QED) is 0.926. The van der Waals surface area contributed by atoms with Crippen LogP contribution in [0.1, 0.15) is 30.0 Å². The number of aliphatic carboxylic acids is 1. The van der Waals surface area contributed by atoms with Crippen molar-refractivity contribution in [2.75, 3.05) is 19.9 Å². The zero-order chi connectivity index (χ0) is 17.2. The standard InChI is InChI=1S/C20H21NO4/c22-20(23)16-7-4-10-21(12-16)19(14-5-2-1-3-6-14)15-8-9-17-18(11-15)25-13-24-17/h1-3,5-6,8-9,11,16,19H,4,7,10,12-13H2,(H,22,23). The summed E-state index contributed by atoms with van der Waals surface area (Å²) in [4.78, 5) is 13.8. The first-order valence-electron chi connectivity index (χ1n) is 8.64. The van der Waals surface area contributed by atoms with Crippen molar-refractivity contribution in [2.24, 2.45) is 5.92 Å². The van der Waals surface area contributed by atoms with Crippen molar-refractivity contribution in [3.63, 3.8) is 0 Å². The number of carboxylic acids is 1. The van der Waals surface area contributed by atoms with Gasteiger partial charge in [-0.1, -0.05) is 36.4 Å². The predicted octanol–water partition coefficient (Wildman–Crippen LogP) is 3.30. The summed E-state index contributed by atoms with van der Waals surface area (Å²) in [7, 11) is 0. The molecule has 5 nitrogen and oxygen atoms in total. The fourth-order valence-corrected chi connectivity index (χ4v) is 3.78. The highest BCUT2D eigenvalue weighted by Crippen LogP contribution is 2.38. The lowest BCUT2D eigenvalue weighted by atomic mass is 9.91. The van der Waals surface area contributed by atoms with Crippen molar-refractivity contribution in [1.29, 1.82) is 0 Å². The fourth-order valence-electron chi connectivity index (χ4n) is 3.78. The van der Waals surface area contributed by atoms with Gasteiger partial charge in [0.05, 0.1) is 12.0 Å². The van der Waals surface area contributed by atoms with Crippen LogP contribution >= 0.6 is 0 Å². The molecule has 0 radical (unpaired) electrons. The third-order valence-corrected chi connectivity index (χ3v) is 4.99. The predicted molar refractivity (Wildman–Crippen MR) is 92.8 cm³/mol. The molecular weight excluding hydrogens is 318 g/mol. The van der Waals surface area contributed by atoms with E-state index in [4.69, 9.17) is 9.47 Å². The summed E-state index contributed by atoms with van der Waals surface area (Å²) in [5.41, 5.74) is 2.26. The van der Waals surface area contributed by atoms with Gasteiger partial charge in [0, 0.05) is 6.54 Å². The highest BCUT2D eigenvalue weighted by atomic mass is 16.7. The third-order valence-electron chi connectivity index (χ3n) is 4.99. The highest BCUT2D eigenvalue weighted by Gasteiger charge is 2.32. The van der Waals surface area contributed by atoms with E-state index in [-0.39, 0.29) is 18.8 Å². The number of piperidine rings is 1. The lowest BCUT2D eigenvalue weighted by Crippen LogP contribution is -2.41. The van der Waals surface area contributed by atoms with Crippen LogP contribution in [0.2, 0.25) is 0 Å². The Morgan fingerprint density at radius 3 is 2.68 bits per heavy atom. The largest absolute Gasteiger partial charge is 0.481 e. The molecule has 4 rings (SSSR count). The zero-order valence-electron chi connectivity index (χ0n) is 13.9. The number of benzene rings is 2. The maximum Gasteiger partial charge on any atom is 0.307 e. The summed E-state index contributed by atoms with van der Waals surface area (Å²) in [5.74, 6) is 0.499. The van der Waals surface area contributed by atoms with E-state index in [1.54, 1.807) is 0 Å². The second kappa shape index (κ2) is 6.76. The molecule has 0 aromatic heterocycles. The van der Waals surface area contributed by atoms with E-state index in [2.05, 4.69) is 23.1 Å². The van der Waals surface area contributed by atoms with Gasteiger partial charge in [0.15, 0.2) is 11.5 Å². The van der Waals surface area contributed by atoms with Crippen LogP contribution < -0.4 is 9.47 Å². The van der Waals surface area contributed by atoms with Crippen molar-refractivity contribution in [1.82, 2.24) is 4.90 Å². The van der Waals surface area contributed by atoms with Crippen molar-refractivity contribution < 1.29 is 19.4 Å². The first kappa shape index (κ1) is 16.0. The number of carbonyl (C=O) groups is 1. The van der Waals surface area contributed by atoms with Crippen LogP contribution in [0.3, 0.4) is 0 Å². The minimum absolute atomic E-state index is 0.0119. The number of rotatable bonds is 4. The number of fused-ring (bicyclic) bond motifs is 1. The summed E-state index contributed by atoms with van der Waals surface area (Å²) < 4.78 is 11.0. The Bertz CT molecular complexity index is 762. The van der Waals surface area contributed by atoms with Gasteiger partial charge in [-0.15, -0.1) is 0 Å². The molecule has 2 aliphatic rings. The number of hydrogen-bond donors (Lipinski definition) is 1. The summed E-state index contributed by atoms with van der Waals surface area (Å²) in [6.07, 6.45) is 1.64. The fraction of sp³-hybridized carbons (Fsp3) is 0.350. The van der Waals surface area contributed by atoms with Crippen LogP contribution in [0.4, 0.5) is 0 Å². The summed E-state index contributed by atoms with van der Waals surface area (Å²) >= 11 is 0. The first-order chi connectivity index (χ1) is 12.2. The molecule has 2 aromatic rings. The number of ether oxygens (including phenoxy) is 2. The number of carboxylic acid groups (broad SMARTS) is 1. The molecular formula is C20H21NO4. The van der Waals surface area contributed by atoms with E-state index in [1.165, 1.54) is 0 Å². The molecule has 2 unspecified atom stereocenters. The van der Waals surface area contributed by atoms with Crippen molar-refractivity contribution in [2.45, 2.75) is 18.9 Å². The van der Waals surface area contributed by atoms with Gasteiger partial charge >= 0.3 is 5.97 Å². The van der Waals surface area contributed by atoms with Crippen molar-refractivity contribution >= 4 is 5.97 Å². The summed E-state index contributed by atoms with van der Waals surface area (Å²) in [6, 6.07) is 16.3. The van der Waals surface area contributed by atoms with Gasteiger partial charge in [-0.3, -0.25) is 9.69 Å².